The Morgan fingerprint density at radius 1 is 1.08 bits per heavy atom. The lowest BCUT2D eigenvalue weighted by atomic mass is 9.83. The Hall–Kier alpha value is -2.40. The Kier molecular flexibility index (Phi) is 11.2. The number of halogens is 2. The first kappa shape index (κ1) is 30.1. The number of pyridine rings is 1. The number of likely N-dealkylation sites (N-methyl/N-ethyl adjacent to an activating group) is 1. The van der Waals surface area contributed by atoms with E-state index in [4.69, 9.17) is 21.3 Å². The van der Waals surface area contributed by atoms with Gasteiger partial charge in [0.1, 0.15) is 6.61 Å². The van der Waals surface area contributed by atoms with Gasteiger partial charge in [-0.2, -0.15) is 0 Å². The quantitative estimate of drug-likeness (QED) is 0.199. The second-order valence-electron chi connectivity index (χ2n) is 10.3. The van der Waals surface area contributed by atoms with E-state index in [0.717, 1.165) is 67.5 Å². The molecule has 0 amide bonds. The molecule has 0 radical (unpaired) electrons. The molecule has 0 aliphatic heterocycles. The molecule has 1 aliphatic rings. The van der Waals surface area contributed by atoms with E-state index in [1.54, 1.807) is 0 Å². The van der Waals surface area contributed by atoms with E-state index in [-0.39, 0.29) is 23.8 Å². The van der Waals surface area contributed by atoms with Gasteiger partial charge in [-0.25, -0.2) is 4.98 Å². The van der Waals surface area contributed by atoms with Crippen LogP contribution in [0.15, 0.2) is 54.6 Å². The van der Waals surface area contributed by atoms with Gasteiger partial charge in [-0.3, -0.25) is 4.79 Å². The van der Waals surface area contributed by atoms with Crippen molar-refractivity contribution in [1.29, 1.82) is 0 Å². The lowest BCUT2D eigenvalue weighted by molar-refractivity contribution is -0.145. The molecule has 0 spiro atoms. The van der Waals surface area contributed by atoms with Gasteiger partial charge in [0.15, 0.2) is 0 Å². The van der Waals surface area contributed by atoms with Crippen LogP contribution in [0.4, 0.5) is 0 Å². The molecular weight excluding hydrogens is 515 g/mol. The van der Waals surface area contributed by atoms with Crippen molar-refractivity contribution in [2.75, 3.05) is 26.2 Å². The predicted octanol–water partition coefficient (Wildman–Crippen LogP) is 8.42. The average molecular weight is 556 g/mol. The SMILES string of the molecule is CCC(CC1(CC(=O)OCCN(CC)CC)CC1)c1cccc(C=Cc2ccc3ccc(Cl)cc3n2)c1.Cl. The second kappa shape index (κ2) is 14.1. The molecule has 2 aromatic carbocycles. The predicted molar refractivity (Wildman–Crippen MR) is 162 cm³/mol. The van der Waals surface area contributed by atoms with Gasteiger partial charge in [0.05, 0.1) is 17.6 Å². The van der Waals surface area contributed by atoms with Crippen LogP contribution in [-0.2, 0) is 9.53 Å². The number of carbonyl (C=O) groups is 1. The summed E-state index contributed by atoms with van der Waals surface area (Å²) in [6, 6.07) is 18.6. The molecule has 0 N–H and O–H groups in total. The van der Waals surface area contributed by atoms with Gasteiger partial charge in [-0.1, -0.05) is 74.8 Å². The highest BCUT2D eigenvalue weighted by atomic mass is 35.5. The first-order valence-electron chi connectivity index (χ1n) is 13.7. The molecule has 1 atom stereocenters. The topological polar surface area (TPSA) is 42.4 Å². The van der Waals surface area contributed by atoms with Crippen LogP contribution in [0, 0.1) is 5.41 Å². The van der Waals surface area contributed by atoms with Crippen LogP contribution in [0.1, 0.15) is 75.6 Å². The summed E-state index contributed by atoms with van der Waals surface area (Å²) in [6.45, 7) is 9.78. The summed E-state index contributed by atoms with van der Waals surface area (Å²) in [5.74, 6) is 0.389. The van der Waals surface area contributed by atoms with Crippen molar-refractivity contribution in [3.05, 3.63) is 76.4 Å². The molecule has 1 unspecified atom stereocenters. The van der Waals surface area contributed by atoms with Crippen LogP contribution in [0.3, 0.4) is 0 Å². The van der Waals surface area contributed by atoms with Crippen LogP contribution in [0.2, 0.25) is 5.02 Å². The molecule has 1 fully saturated rings. The molecule has 1 aliphatic carbocycles. The molecule has 0 bridgehead atoms. The first-order valence-corrected chi connectivity index (χ1v) is 14.0. The molecule has 3 aromatic rings. The van der Waals surface area contributed by atoms with Crippen molar-refractivity contribution in [1.82, 2.24) is 9.88 Å². The molecule has 0 saturated heterocycles. The van der Waals surface area contributed by atoms with Gasteiger partial charge < -0.3 is 9.64 Å². The smallest absolute Gasteiger partial charge is 0.306 e. The largest absolute Gasteiger partial charge is 0.464 e. The highest BCUT2D eigenvalue weighted by Crippen LogP contribution is 2.55. The fraction of sp³-hybridized carbons (Fsp3) is 0.438. The number of hydrogen-bond acceptors (Lipinski definition) is 4. The lowest BCUT2D eigenvalue weighted by Gasteiger charge is -2.23. The molecule has 1 aromatic heterocycles. The maximum atomic E-state index is 12.6. The highest BCUT2D eigenvalue weighted by molar-refractivity contribution is 6.31. The van der Waals surface area contributed by atoms with E-state index in [0.29, 0.717) is 24.0 Å². The summed E-state index contributed by atoms with van der Waals surface area (Å²) in [4.78, 5) is 19.6. The second-order valence-corrected chi connectivity index (χ2v) is 10.7. The van der Waals surface area contributed by atoms with E-state index < -0.39 is 0 Å². The zero-order chi connectivity index (χ0) is 26.3. The van der Waals surface area contributed by atoms with Crippen molar-refractivity contribution in [2.24, 2.45) is 5.41 Å². The van der Waals surface area contributed by atoms with Crippen LogP contribution < -0.4 is 0 Å². The third kappa shape index (κ3) is 8.30. The summed E-state index contributed by atoms with van der Waals surface area (Å²) >= 11 is 6.14. The van der Waals surface area contributed by atoms with Crippen molar-refractivity contribution in [3.8, 4) is 0 Å². The molecule has 38 heavy (non-hydrogen) atoms. The van der Waals surface area contributed by atoms with Crippen molar-refractivity contribution < 1.29 is 9.53 Å². The highest BCUT2D eigenvalue weighted by Gasteiger charge is 2.46. The summed E-state index contributed by atoms with van der Waals surface area (Å²) < 4.78 is 5.60. The van der Waals surface area contributed by atoms with Crippen LogP contribution in [-0.4, -0.2) is 42.1 Å². The van der Waals surface area contributed by atoms with E-state index >= 15 is 0 Å². The standard InChI is InChI=1S/C32H39ClN2O2.ClH/c1-4-25(22-32(16-17-32)23-31(36)37-19-18-35(5-2)6-3)27-9-7-8-24(20-27)10-14-29-15-12-26-11-13-28(33)21-30(26)34-29;/h7-15,20-21,25H,4-6,16-19,22-23H2,1-3H3;1H. The Morgan fingerprint density at radius 3 is 2.55 bits per heavy atom. The fourth-order valence-corrected chi connectivity index (χ4v) is 5.30. The minimum absolute atomic E-state index is 0. The Balaban J connectivity index is 0.00000400. The monoisotopic (exact) mass is 554 g/mol. The number of benzene rings is 2. The summed E-state index contributed by atoms with van der Waals surface area (Å²) in [5, 5.41) is 1.77. The van der Waals surface area contributed by atoms with Crippen LogP contribution in [0.5, 0.6) is 0 Å². The molecule has 4 rings (SSSR count). The van der Waals surface area contributed by atoms with Crippen molar-refractivity contribution in [2.45, 2.75) is 58.8 Å². The maximum Gasteiger partial charge on any atom is 0.306 e. The fourth-order valence-electron chi connectivity index (χ4n) is 5.13. The molecule has 4 nitrogen and oxygen atoms in total. The van der Waals surface area contributed by atoms with Crippen LogP contribution >= 0.6 is 24.0 Å². The summed E-state index contributed by atoms with van der Waals surface area (Å²) in [7, 11) is 0. The number of rotatable bonds is 13. The van der Waals surface area contributed by atoms with E-state index in [2.05, 4.69) is 68.2 Å². The Labute approximate surface area is 238 Å². The molecular formula is C32H40Cl2N2O2. The maximum absolute atomic E-state index is 12.6. The number of ether oxygens (including phenoxy) is 1. The van der Waals surface area contributed by atoms with Gasteiger partial charge >= 0.3 is 5.97 Å². The number of esters is 1. The minimum Gasteiger partial charge on any atom is -0.464 e. The normalized spacial score (nSPS) is 15.0. The molecule has 6 heteroatoms. The number of nitrogens with zero attached hydrogens (tertiary/aromatic N) is 2. The molecule has 1 heterocycles. The number of aromatic nitrogens is 1. The number of hydrogen-bond donors (Lipinski definition) is 0. The zero-order valence-corrected chi connectivity index (χ0v) is 24.4. The number of carbonyl (C=O) groups excluding carboxylic acids is 1. The lowest BCUT2D eigenvalue weighted by Crippen LogP contribution is -2.28. The summed E-state index contributed by atoms with van der Waals surface area (Å²) in [5.41, 5.74) is 4.41. The average Bonchev–Trinajstić information content (AvgIpc) is 3.67. The first-order chi connectivity index (χ1) is 17.9. The molecule has 204 valence electrons. The van der Waals surface area contributed by atoms with E-state index in [1.165, 1.54) is 5.56 Å². The van der Waals surface area contributed by atoms with Gasteiger partial charge in [0, 0.05) is 17.0 Å². The van der Waals surface area contributed by atoms with E-state index in [9.17, 15) is 4.79 Å². The van der Waals surface area contributed by atoms with E-state index in [1.807, 2.05) is 24.3 Å². The Bertz CT molecular complexity index is 1240. The minimum atomic E-state index is -0.0413. The van der Waals surface area contributed by atoms with Crippen LogP contribution in [0.25, 0.3) is 23.1 Å². The van der Waals surface area contributed by atoms with Crippen molar-refractivity contribution >= 4 is 53.0 Å². The Morgan fingerprint density at radius 2 is 1.84 bits per heavy atom. The van der Waals surface area contributed by atoms with Gasteiger partial charge in [-0.15, -0.1) is 12.4 Å². The number of fused-ring (bicyclic) bond motifs is 1. The van der Waals surface area contributed by atoms with Gasteiger partial charge in [0.2, 0.25) is 0 Å². The van der Waals surface area contributed by atoms with Gasteiger partial charge in [-0.05, 0) is 85.5 Å². The van der Waals surface area contributed by atoms with Gasteiger partial charge in [0.25, 0.3) is 0 Å². The zero-order valence-electron chi connectivity index (χ0n) is 22.8. The van der Waals surface area contributed by atoms with Crippen molar-refractivity contribution in [3.63, 3.8) is 0 Å². The molecule has 1 saturated carbocycles. The summed E-state index contributed by atoms with van der Waals surface area (Å²) in [6.07, 6.45) is 9.04. The third-order valence-electron chi connectivity index (χ3n) is 7.72. The third-order valence-corrected chi connectivity index (χ3v) is 7.95.